The van der Waals surface area contributed by atoms with Gasteiger partial charge in [0.2, 0.25) is 5.88 Å². The number of hydrogen-bond acceptors (Lipinski definition) is 5. The Labute approximate surface area is 155 Å². The van der Waals surface area contributed by atoms with Crippen molar-refractivity contribution < 1.29 is 18.7 Å². The Hall–Kier alpha value is -3.79. The van der Waals surface area contributed by atoms with Gasteiger partial charge in [-0.15, -0.1) is 0 Å². The molecule has 3 aromatic rings. The first-order valence-electron chi connectivity index (χ1n) is 8.02. The number of ether oxygens (including phenoxy) is 2. The van der Waals surface area contributed by atoms with Crippen LogP contribution in [0.25, 0.3) is 0 Å². The van der Waals surface area contributed by atoms with Crippen LogP contribution in [0.15, 0.2) is 54.6 Å². The highest BCUT2D eigenvalue weighted by atomic mass is 19.1. The summed E-state index contributed by atoms with van der Waals surface area (Å²) in [5.74, 6) is -0.217. The molecule has 136 valence electrons. The molecule has 7 heteroatoms. The van der Waals surface area contributed by atoms with Crippen molar-refractivity contribution in [3.8, 4) is 17.7 Å². The predicted molar refractivity (Wildman–Crippen MR) is 96.9 cm³/mol. The van der Waals surface area contributed by atoms with Gasteiger partial charge in [-0.1, -0.05) is 18.2 Å². The van der Waals surface area contributed by atoms with Crippen molar-refractivity contribution in [2.45, 2.75) is 6.54 Å². The number of carbonyl (C=O) groups is 1. The van der Waals surface area contributed by atoms with Gasteiger partial charge in [-0.05, 0) is 30.3 Å². The van der Waals surface area contributed by atoms with E-state index in [1.807, 2.05) is 6.07 Å². The maximum absolute atomic E-state index is 14.0. The first kappa shape index (κ1) is 18.0. The predicted octanol–water partition coefficient (Wildman–Crippen LogP) is 3.71. The highest BCUT2D eigenvalue weighted by Crippen LogP contribution is 2.32. The fourth-order valence-corrected chi connectivity index (χ4v) is 2.60. The fourth-order valence-electron chi connectivity index (χ4n) is 2.60. The number of nitrogens with zero attached hydrogens (tertiary/aromatic N) is 2. The molecule has 2 aromatic carbocycles. The molecule has 0 spiro atoms. The monoisotopic (exact) mass is 365 g/mol. The number of nitrogens with two attached hydrogens (primary N) is 1. The third-order valence-corrected chi connectivity index (χ3v) is 3.97. The Bertz CT molecular complexity index is 1020. The summed E-state index contributed by atoms with van der Waals surface area (Å²) in [6.45, 7) is 0.0857. The van der Waals surface area contributed by atoms with Gasteiger partial charge in [0.1, 0.15) is 23.3 Å². The van der Waals surface area contributed by atoms with Crippen LogP contribution in [-0.4, -0.2) is 17.6 Å². The lowest BCUT2D eigenvalue weighted by molar-refractivity contribution is 0.0600. The molecular formula is C20H16FN3O3. The number of halogens is 1. The maximum Gasteiger partial charge on any atom is 0.337 e. The summed E-state index contributed by atoms with van der Waals surface area (Å²) in [5.41, 5.74) is 7.26. The van der Waals surface area contributed by atoms with E-state index in [1.165, 1.54) is 23.8 Å². The zero-order valence-corrected chi connectivity index (χ0v) is 14.5. The van der Waals surface area contributed by atoms with Gasteiger partial charge in [-0.3, -0.25) is 4.57 Å². The highest BCUT2D eigenvalue weighted by Gasteiger charge is 2.17. The van der Waals surface area contributed by atoms with Gasteiger partial charge in [0.25, 0.3) is 0 Å². The van der Waals surface area contributed by atoms with Crippen molar-refractivity contribution in [2.75, 3.05) is 12.8 Å². The van der Waals surface area contributed by atoms with E-state index >= 15 is 0 Å². The fraction of sp³-hybridized carbons (Fsp3) is 0.100. The number of nitrogen functional groups attached to an aromatic ring is 1. The van der Waals surface area contributed by atoms with E-state index in [2.05, 4.69) is 4.74 Å². The molecule has 2 N–H and O–H groups in total. The average molecular weight is 365 g/mol. The molecule has 3 rings (SSSR count). The summed E-state index contributed by atoms with van der Waals surface area (Å²) in [6.07, 6.45) is 0. The minimum Gasteiger partial charge on any atom is -0.465 e. The van der Waals surface area contributed by atoms with Gasteiger partial charge in [0, 0.05) is 11.6 Å². The average Bonchev–Trinajstić information content (AvgIpc) is 2.98. The molecule has 0 radical (unpaired) electrons. The molecule has 1 aromatic heterocycles. The molecule has 0 fully saturated rings. The molecule has 0 atom stereocenters. The van der Waals surface area contributed by atoms with Crippen LogP contribution in [0.5, 0.6) is 11.6 Å². The molecule has 0 aliphatic rings. The van der Waals surface area contributed by atoms with Crippen LogP contribution in [-0.2, 0) is 11.3 Å². The SMILES string of the molecule is COC(=O)c1ccc(Oc2c(N)cc(C#N)n2Cc2ccccc2F)cc1. The van der Waals surface area contributed by atoms with Crippen LogP contribution in [0.3, 0.4) is 0 Å². The number of methoxy groups -OCH3 is 1. The summed E-state index contributed by atoms with van der Waals surface area (Å²) in [7, 11) is 1.30. The van der Waals surface area contributed by atoms with E-state index in [1.54, 1.807) is 42.5 Å². The molecule has 0 saturated carbocycles. The maximum atomic E-state index is 14.0. The van der Waals surface area contributed by atoms with Crippen LogP contribution < -0.4 is 10.5 Å². The van der Waals surface area contributed by atoms with Gasteiger partial charge >= 0.3 is 5.97 Å². The number of rotatable bonds is 5. The van der Waals surface area contributed by atoms with E-state index in [0.29, 0.717) is 16.9 Å². The third kappa shape index (κ3) is 3.75. The molecule has 0 aliphatic heterocycles. The van der Waals surface area contributed by atoms with E-state index in [-0.39, 0.29) is 29.6 Å². The lowest BCUT2D eigenvalue weighted by Crippen LogP contribution is -2.07. The Morgan fingerprint density at radius 2 is 1.93 bits per heavy atom. The van der Waals surface area contributed by atoms with E-state index < -0.39 is 5.97 Å². The molecule has 27 heavy (non-hydrogen) atoms. The van der Waals surface area contributed by atoms with Gasteiger partial charge in [-0.25, -0.2) is 9.18 Å². The molecule has 1 heterocycles. The second kappa shape index (κ2) is 7.62. The van der Waals surface area contributed by atoms with Crippen molar-refractivity contribution in [3.05, 3.63) is 77.2 Å². The van der Waals surface area contributed by atoms with E-state index in [4.69, 9.17) is 10.5 Å². The molecule has 0 aliphatic carbocycles. The van der Waals surface area contributed by atoms with Crippen LogP contribution >= 0.6 is 0 Å². The van der Waals surface area contributed by atoms with Gasteiger partial charge < -0.3 is 15.2 Å². The number of benzene rings is 2. The summed E-state index contributed by atoms with van der Waals surface area (Å²) in [4.78, 5) is 11.5. The summed E-state index contributed by atoms with van der Waals surface area (Å²) >= 11 is 0. The summed E-state index contributed by atoms with van der Waals surface area (Å²) < 4.78 is 26.0. The second-order valence-corrected chi connectivity index (χ2v) is 5.70. The number of anilines is 1. The molecule has 6 nitrogen and oxygen atoms in total. The first-order chi connectivity index (χ1) is 13.0. The Kier molecular flexibility index (Phi) is 5.08. The van der Waals surface area contributed by atoms with E-state index in [0.717, 1.165) is 0 Å². The number of nitriles is 1. The number of esters is 1. The van der Waals surface area contributed by atoms with Gasteiger partial charge in [0.05, 0.1) is 24.9 Å². The van der Waals surface area contributed by atoms with Gasteiger partial charge in [0.15, 0.2) is 0 Å². The molecular weight excluding hydrogens is 349 g/mol. The van der Waals surface area contributed by atoms with Crippen molar-refractivity contribution >= 4 is 11.7 Å². The van der Waals surface area contributed by atoms with Gasteiger partial charge in [-0.2, -0.15) is 5.26 Å². The topological polar surface area (TPSA) is 90.3 Å². The summed E-state index contributed by atoms with van der Waals surface area (Å²) in [6, 6.07) is 16.0. The first-order valence-corrected chi connectivity index (χ1v) is 8.02. The Balaban J connectivity index is 1.94. The highest BCUT2D eigenvalue weighted by molar-refractivity contribution is 5.89. The molecule has 0 saturated heterocycles. The van der Waals surface area contributed by atoms with E-state index in [9.17, 15) is 14.4 Å². The number of hydrogen-bond donors (Lipinski definition) is 1. The van der Waals surface area contributed by atoms with Crippen molar-refractivity contribution in [3.63, 3.8) is 0 Å². The largest absolute Gasteiger partial charge is 0.465 e. The second-order valence-electron chi connectivity index (χ2n) is 5.70. The molecule has 0 amide bonds. The van der Waals surface area contributed by atoms with Crippen LogP contribution in [0.2, 0.25) is 0 Å². The zero-order chi connectivity index (χ0) is 19.4. The van der Waals surface area contributed by atoms with Crippen LogP contribution in [0.4, 0.5) is 10.1 Å². The molecule has 0 unspecified atom stereocenters. The lowest BCUT2D eigenvalue weighted by atomic mass is 10.2. The van der Waals surface area contributed by atoms with Crippen LogP contribution in [0.1, 0.15) is 21.6 Å². The lowest BCUT2D eigenvalue weighted by Gasteiger charge is -2.13. The zero-order valence-electron chi connectivity index (χ0n) is 14.5. The quantitative estimate of drug-likeness (QED) is 0.696. The van der Waals surface area contributed by atoms with Crippen LogP contribution in [0, 0.1) is 17.1 Å². The van der Waals surface area contributed by atoms with Crippen molar-refractivity contribution in [1.82, 2.24) is 4.57 Å². The van der Waals surface area contributed by atoms with Crippen molar-refractivity contribution in [1.29, 1.82) is 5.26 Å². The standard InChI is InChI=1S/C20H16FN3O3/c1-26-20(25)13-6-8-16(9-7-13)27-19-18(23)10-15(11-22)24(19)12-14-4-2-3-5-17(14)21/h2-10H,12,23H2,1H3. The smallest absolute Gasteiger partial charge is 0.337 e. The Morgan fingerprint density at radius 1 is 1.22 bits per heavy atom. The third-order valence-electron chi connectivity index (χ3n) is 3.97. The minimum absolute atomic E-state index is 0.0857. The normalized spacial score (nSPS) is 10.3. The van der Waals surface area contributed by atoms with Crippen molar-refractivity contribution in [2.24, 2.45) is 0 Å². The number of aromatic nitrogens is 1. The number of carbonyl (C=O) groups excluding carboxylic acids is 1. The minimum atomic E-state index is -0.462. The summed E-state index contributed by atoms with van der Waals surface area (Å²) in [5, 5.41) is 9.37. The Morgan fingerprint density at radius 3 is 2.56 bits per heavy atom. The molecule has 0 bridgehead atoms.